The molecule has 2 N–H and O–H groups in total. The van der Waals surface area contributed by atoms with Crippen molar-refractivity contribution in [3.63, 3.8) is 0 Å². The summed E-state index contributed by atoms with van der Waals surface area (Å²) in [6, 6.07) is 10.3. The smallest absolute Gasteiger partial charge is 0.335 e. The number of ether oxygens (including phenoxy) is 1. The lowest BCUT2D eigenvalue weighted by Crippen LogP contribution is -2.29. The molecule has 2 aromatic rings. The van der Waals surface area contributed by atoms with E-state index in [0.717, 1.165) is 0 Å². The Morgan fingerprint density at radius 3 is 2.38 bits per heavy atom. The number of rotatable bonds is 4. The van der Waals surface area contributed by atoms with E-state index in [0.29, 0.717) is 22.4 Å². The van der Waals surface area contributed by atoms with Crippen LogP contribution in [0.1, 0.15) is 21.5 Å². The quantitative estimate of drug-likeness (QED) is 0.843. The van der Waals surface area contributed by atoms with E-state index in [1.807, 2.05) is 0 Å². The van der Waals surface area contributed by atoms with Crippen LogP contribution in [0.3, 0.4) is 0 Å². The number of hydrogen-bond donors (Lipinski definition) is 2. The standard InChI is InChI=1S/C18H13FO5/c19-9-16-14(18(22)23)8-12-7-11(3-6-15(12)24-16)17(21)10-1-4-13(20)5-2-10/h1-8,16,20H,9H2,(H,22,23). The second-order valence-electron chi connectivity index (χ2n) is 5.29. The maximum Gasteiger partial charge on any atom is 0.335 e. The van der Waals surface area contributed by atoms with Crippen molar-refractivity contribution in [3.8, 4) is 11.5 Å². The molecule has 1 aliphatic heterocycles. The third-order valence-electron chi connectivity index (χ3n) is 3.72. The van der Waals surface area contributed by atoms with Crippen molar-refractivity contribution in [2.75, 3.05) is 6.67 Å². The summed E-state index contributed by atoms with van der Waals surface area (Å²) in [7, 11) is 0. The number of carbonyl (C=O) groups excluding carboxylic acids is 1. The van der Waals surface area contributed by atoms with Crippen LogP contribution in [0.15, 0.2) is 48.0 Å². The molecular weight excluding hydrogens is 315 g/mol. The van der Waals surface area contributed by atoms with Crippen LogP contribution in [0.4, 0.5) is 4.39 Å². The molecular formula is C18H13FO5. The average Bonchev–Trinajstić information content (AvgIpc) is 2.60. The van der Waals surface area contributed by atoms with Crippen LogP contribution in [0, 0.1) is 0 Å². The van der Waals surface area contributed by atoms with Crippen LogP contribution in [0.5, 0.6) is 11.5 Å². The Morgan fingerprint density at radius 1 is 1.08 bits per heavy atom. The number of hydrogen-bond acceptors (Lipinski definition) is 4. The van der Waals surface area contributed by atoms with Gasteiger partial charge in [-0.2, -0.15) is 0 Å². The van der Waals surface area contributed by atoms with Gasteiger partial charge in [0.25, 0.3) is 0 Å². The summed E-state index contributed by atoms with van der Waals surface area (Å²) in [6.07, 6.45) is 0.160. The molecule has 0 radical (unpaired) electrons. The summed E-state index contributed by atoms with van der Waals surface area (Å²) < 4.78 is 18.3. The molecule has 122 valence electrons. The van der Waals surface area contributed by atoms with Crippen LogP contribution in [-0.2, 0) is 4.79 Å². The van der Waals surface area contributed by atoms with E-state index < -0.39 is 18.7 Å². The molecule has 1 unspecified atom stereocenters. The number of carboxylic acids is 1. The van der Waals surface area contributed by atoms with Gasteiger partial charge in [0.1, 0.15) is 18.2 Å². The number of fused-ring (bicyclic) bond motifs is 1. The highest BCUT2D eigenvalue weighted by Gasteiger charge is 2.28. The van der Waals surface area contributed by atoms with E-state index in [1.165, 1.54) is 48.5 Å². The summed E-state index contributed by atoms with van der Waals surface area (Å²) >= 11 is 0. The SMILES string of the molecule is O=C(O)C1=Cc2cc(C(=O)c3ccc(O)cc3)ccc2OC1CF. The molecule has 0 amide bonds. The van der Waals surface area contributed by atoms with E-state index in [2.05, 4.69) is 0 Å². The number of ketones is 1. The highest BCUT2D eigenvalue weighted by Crippen LogP contribution is 2.31. The number of aromatic hydroxyl groups is 1. The maximum atomic E-state index is 12.9. The minimum Gasteiger partial charge on any atom is -0.508 e. The fourth-order valence-corrected chi connectivity index (χ4v) is 2.48. The summed E-state index contributed by atoms with van der Waals surface area (Å²) in [4.78, 5) is 23.7. The molecule has 0 aliphatic carbocycles. The van der Waals surface area contributed by atoms with Gasteiger partial charge in [-0.05, 0) is 48.5 Å². The minimum atomic E-state index is -1.27. The number of aliphatic carboxylic acids is 1. The first-order valence-corrected chi connectivity index (χ1v) is 7.15. The molecule has 0 saturated carbocycles. The highest BCUT2D eigenvalue weighted by atomic mass is 19.1. The lowest BCUT2D eigenvalue weighted by atomic mass is 9.97. The number of carbonyl (C=O) groups is 2. The number of phenols is 1. The average molecular weight is 328 g/mol. The van der Waals surface area contributed by atoms with Crippen LogP contribution in [0.25, 0.3) is 6.08 Å². The van der Waals surface area contributed by atoms with Gasteiger partial charge in [0.05, 0.1) is 5.57 Å². The van der Waals surface area contributed by atoms with Crippen molar-refractivity contribution < 1.29 is 28.9 Å². The zero-order valence-corrected chi connectivity index (χ0v) is 12.4. The Hall–Kier alpha value is -3.15. The molecule has 5 nitrogen and oxygen atoms in total. The second-order valence-corrected chi connectivity index (χ2v) is 5.29. The zero-order valence-electron chi connectivity index (χ0n) is 12.4. The van der Waals surface area contributed by atoms with Gasteiger partial charge in [-0.1, -0.05) is 0 Å². The van der Waals surface area contributed by atoms with E-state index in [1.54, 1.807) is 0 Å². The topological polar surface area (TPSA) is 83.8 Å². The van der Waals surface area contributed by atoms with Gasteiger partial charge in [0.2, 0.25) is 0 Å². The molecule has 3 rings (SSSR count). The van der Waals surface area contributed by atoms with Crippen molar-refractivity contribution in [2.45, 2.75) is 6.10 Å². The molecule has 0 bridgehead atoms. The van der Waals surface area contributed by atoms with E-state index in [4.69, 9.17) is 9.84 Å². The maximum absolute atomic E-state index is 12.9. The zero-order chi connectivity index (χ0) is 17.3. The minimum absolute atomic E-state index is 0.0525. The van der Waals surface area contributed by atoms with Crippen LogP contribution in [-0.4, -0.2) is 34.7 Å². The third kappa shape index (κ3) is 2.86. The first-order valence-electron chi connectivity index (χ1n) is 7.15. The first-order chi connectivity index (χ1) is 11.5. The van der Waals surface area contributed by atoms with Crippen LogP contribution in [0.2, 0.25) is 0 Å². The van der Waals surface area contributed by atoms with Gasteiger partial charge in [-0.25, -0.2) is 9.18 Å². The van der Waals surface area contributed by atoms with Crippen LogP contribution >= 0.6 is 0 Å². The molecule has 0 fully saturated rings. The van der Waals surface area contributed by atoms with Crippen molar-refractivity contribution in [1.29, 1.82) is 0 Å². The normalized spacial score (nSPS) is 15.9. The van der Waals surface area contributed by atoms with Crippen molar-refractivity contribution in [1.82, 2.24) is 0 Å². The lowest BCUT2D eigenvalue weighted by Gasteiger charge is -2.23. The Morgan fingerprint density at radius 2 is 1.75 bits per heavy atom. The second kappa shape index (κ2) is 6.16. The number of benzene rings is 2. The summed E-state index contributed by atoms with van der Waals surface area (Å²) in [5.74, 6) is -1.17. The van der Waals surface area contributed by atoms with E-state index >= 15 is 0 Å². The van der Waals surface area contributed by atoms with Crippen LogP contribution < -0.4 is 4.74 Å². The monoisotopic (exact) mass is 328 g/mol. The predicted molar refractivity (Wildman–Crippen MR) is 84.0 cm³/mol. The molecule has 6 heteroatoms. The predicted octanol–water partition coefficient (Wildman–Crippen LogP) is 2.82. The van der Waals surface area contributed by atoms with E-state index in [9.17, 15) is 19.1 Å². The largest absolute Gasteiger partial charge is 0.508 e. The van der Waals surface area contributed by atoms with Gasteiger partial charge in [0, 0.05) is 16.7 Å². The fourth-order valence-electron chi connectivity index (χ4n) is 2.48. The third-order valence-corrected chi connectivity index (χ3v) is 3.72. The molecule has 2 aromatic carbocycles. The molecule has 24 heavy (non-hydrogen) atoms. The molecule has 1 atom stereocenters. The van der Waals surface area contributed by atoms with Gasteiger partial charge in [-0.3, -0.25) is 4.79 Å². The summed E-state index contributed by atoms with van der Waals surface area (Å²) in [5.41, 5.74) is 0.928. The lowest BCUT2D eigenvalue weighted by molar-refractivity contribution is -0.133. The van der Waals surface area contributed by atoms with Gasteiger partial charge < -0.3 is 14.9 Å². The molecule has 1 aliphatic rings. The van der Waals surface area contributed by atoms with E-state index in [-0.39, 0.29) is 17.1 Å². The van der Waals surface area contributed by atoms with Crippen molar-refractivity contribution in [2.24, 2.45) is 0 Å². The fraction of sp³-hybridized carbons (Fsp3) is 0.111. The summed E-state index contributed by atoms with van der Waals surface area (Å²) in [6.45, 7) is -0.953. The molecule has 0 aromatic heterocycles. The number of halogens is 1. The molecule has 0 spiro atoms. The number of carboxylic acid groups (broad SMARTS) is 1. The highest BCUT2D eigenvalue weighted by molar-refractivity contribution is 6.09. The van der Waals surface area contributed by atoms with Gasteiger partial charge in [0.15, 0.2) is 11.9 Å². The number of phenolic OH excluding ortho intramolecular Hbond substituents is 1. The van der Waals surface area contributed by atoms with Crippen molar-refractivity contribution in [3.05, 3.63) is 64.7 Å². The Balaban J connectivity index is 1.98. The number of alkyl halides is 1. The Labute approximate surface area is 136 Å². The Bertz CT molecular complexity index is 839. The summed E-state index contributed by atoms with van der Waals surface area (Å²) in [5, 5.41) is 18.4. The molecule has 0 saturated heterocycles. The van der Waals surface area contributed by atoms with Gasteiger partial charge >= 0.3 is 5.97 Å². The van der Waals surface area contributed by atoms with Crippen molar-refractivity contribution >= 4 is 17.8 Å². The molecule has 1 heterocycles. The first kappa shape index (κ1) is 15.7. The Kier molecular flexibility index (Phi) is 4.04. The van der Waals surface area contributed by atoms with Gasteiger partial charge in [-0.15, -0.1) is 0 Å².